The van der Waals surface area contributed by atoms with Crippen LogP contribution >= 0.6 is 0 Å². The van der Waals surface area contributed by atoms with Gasteiger partial charge in [0.05, 0.1) is 24.7 Å². The Balaban J connectivity index is 1.41. The van der Waals surface area contributed by atoms with E-state index in [9.17, 15) is 14.0 Å². The molecule has 0 bridgehead atoms. The molecule has 0 aliphatic carbocycles. The highest BCUT2D eigenvalue weighted by Crippen LogP contribution is 2.21. The van der Waals surface area contributed by atoms with Crippen molar-refractivity contribution in [2.75, 3.05) is 38.7 Å². The topological polar surface area (TPSA) is 87.9 Å². The van der Waals surface area contributed by atoms with Crippen molar-refractivity contribution in [3.8, 4) is 0 Å². The van der Waals surface area contributed by atoms with Crippen LogP contribution in [0.4, 0.5) is 10.1 Å². The molecule has 3 atom stereocenters. The summed E-state index contributed by atoms with van der Waals surface area (Å²) in [7, 11) is 1.60. The van der Waals surface area contributed by atoms with Gasteiger partial charge in [0.2, 0.25) is 11.8 Å². The molecule has 1 saturated heterocycles. The molecule has 3 unspecified atom stereocenters. The van der Waals surface area contributed by atoms with Crippen molar-refractivity contribution >= 4 is 28.3 Å². The zero-order chi connectivity index (χ0) is 26.4. The zero-order valence-electron chi connectivity index (χ0n) is 21.4. The van der Waals surface area contributed by atoms with E-state index in [4.69, 9.17) is 10.5 Å². The number of ether oxygens (including phenoxy) is 1. The minimum atomic E-state index is -0.741. The maximum absolute atomic E-state index is 13.3. The van der Waals surface area contributed by atoms with E-state index in [2.05, 4.69) is 10.2 Å². The van der Waals surface area contributed by atoms with E-state index in [0.29, 0.717) is 39.1 Å². The van der Waals surface area contributed by atoms with Crippen LogP contribution in [0, 0.1) is 5.82 Å². The molecule has 0 spiro atoms. The van der Waals surface area contributed by atoms with Crippen molar-refractivity contribution in [2.24, 2.45) is 5.73 Å². The molecule has 1 heterocycles. The quantitative estimate of drug-likeness (QED) is 0.464. The summed E-state index contributed by atoms with van der Waals surface area (Å²) in [6.45, 7) is 3.84. The molecule has 4 rings (SSSR count). The van der Waals surface area contributed by atoms with Crippen LogP contribution in [-0.2, 0) is 20.7 Å². The van der Waals surface area contributed by atoms with Crippen molar-refractivity contribution < 1.29 is 18.7 Å². The standard InChI is InChI=1S/C29H35FN4O3/c1-3-27(28(35)32-24-13-10-21-6-4-5-7-22(21)17-24)33-14-15-34(25(18-33)19-37-2)29(36)26(31)16-20-8-11-23(30)12-9-20/h4-13,17,25-27H,3,14-16,18-19,31H2,1-2H3,(H,32,35). The number of amides is 2. The number of piperazine rings is 1. The van der Waals surface area contributed by atoms with Gasteiger partial charge in [-0.3, -0.25) is 14.5 Å². The molecule has 1 fully saturated rings. The van der Waals surface area contributed by atoms with Crippen LogP contribution < -0.4 is 11.1 Å². The number of carbonyl (C=O) groups excluding carboxylic acids is 2. The smallest absolute Gasteiger partial charge is 0.241 e. The van der Waals surface area contributed by atoms with E-state index in [-0.39, 0.29) is 29.7 Å². The van der Waals surface area contributed by atoms with Crippen molar-refractivity contribution in [2.45, 2.75) is 37.9 Å². The van der Waals surface area contributed by atoms with Gasteiger partial charge in [-0.2, -0.15) is 0 Å². The lowest BCUT2D eigenvalue weighted by atomic mass is 10.0. The van der Waals surface area contributed by atoms with Gasteiger partial charge in [0, 0.05) is 32.4 Å². The van der Waals surface area contributed by atoms with Crippen LogP contribution in [0.15, 0.2) is 66.7 Å². The lowest BCUT2D eigenvalue weighted by Crippen LogP contribution is -2.62. The lowest BCUT2D eigenvalue weighted by Gasteiger charge is -2.44. The van der Waals surface area contributed by atoms with Gasteiger partial charge in [-0.05, 0) is 53.4 Å². The Bertz CT molecular complexity index is 1220. The predicted octanol–water partition coefficient (Wildman–Crippen LogP) is 3.43. The Labute approximate surface area is 217 Å². The Morgan fingerprint density at radius 3 is 2.51 bits per heavy atom. The first-order valence-electron chi connectivity index (χ1n) is 12.7. The van der Waals surface area contributed by atoms with Gasteiger partial charge in [0.15, 0.2) is 0 Å². The number of nitrogens with two attached hydrogens (primary N) is 1. The first-order chi connectivity index (χ1) is 17.9. The molecule has 196 valence electrons. The van der Waals surface area contributed by atoms with E-state index in [1.807, 2.05) is 49.4 Å². The van der Waals surface area contributed by atoms with Crippen molar-refractivity contribution in [1.82, 2.24) is 9.80 Å². The fraction of sp³-hybridized carbons (Fsp3) is 0.379. The molecule has 37 heavy (non-hydrogen) atoms. The van der Waals surface area contributed by atoms with Gasteiger partial charge in [-0.25, -0.2) is 4.39 Å². The van der Waals surface area contributed by atoms with Gasteiger partial charge < -0.3 is 20.7 Å². The molecule has 0 radical (unpaired) electrons. The molecule has 7 nitrogen and oxygen atoms in total. The summed E-state index contributed by atoms with van der Waals surface area (Å²) in [6, 6.07) is 18.6. The Hall–Kier alpha value is -3.33. The maximum atomic E-state index is 13.3. The van der Waals surface area contributed by atoms with Crippen molar-refractivity contribution in [1.29, 1.82) is 0 Å². The SMILES string of the molecule is CCC(C(=O)Nc1ccc2ccccc2c1)N1CCN(C(=O)C(N)Cc2ccc(F)cc2)C(COC)C1. The van der Waals surface area contributed by atoms with E-state index >= 15 is 0 Å². The van der Waals surface area contributed by atoms with Crippen LogP contribution in [0.2, 0.25) is 0 Å². The van der Waals surface area contributed by atoms with E-state index < -0.39 is 6.04 Å². The number of carbonyl (C=O) groups is 2. The molecular formula is C29H35FN4O3. The number of methoxy groups -OCH3 is 1. The summed E-state index contributed by atoms with van der Waals surface area (Å²) in [5.41, 5.74) is 7.83. The summed E-state index contributed by atoms with van der Waals surface area (Å²) >= 11 is 0. The van der Waals surface area contributed by atoms with Gasteiger partial charge in [-0.15, -0.1) is 0 Å². The van der Waals surface area contributed by atoms with E-state index in [1.54, 1.807) is 24.1 Å². The molecule has 2 amide bonds. The molecule has 0 saturated carbocycles. The third-order valence-electron chi connectivity index (χ3n) is 6.99. The second-order valence-electron chi connectivity index (χ2n) is 9.55. The third-order valence-corrected chi connectivity index (χ3v) is 6.99. The minimum absolute atomic E-state index is 0.0678. The van der Waals surface area contributed by atoms with Crippen LogP contribution in [0.25, 0.3) is 10.8 Å². The van der Waals surface area contributed by atoms with Crippen molar-refractivity contribution in [3.63, 3.8) is 0 Å². The number of halogens is 1. The van der Waals surface area contributed by atoms with E-state index in [0.717, 1.165) is 22.0 Å². The fourth-order valence-electron chi connectivity index (χ4n) is 5.06. The number of nitrogens with zero attached hydrogens (tertiary/aromatic N) is 2. The molecule has 3 aromatic rings. The monoisotopic (exact) mass is 506 g/mol. The summed E-state index contributed by atoms with van der Waals surface area (Å²) in [4.78, 5) is 30.4. The lowest BCUT2D eigenvalue weighted by molar-refractivity contribution is -0.140. The number of nitrogens with one attached hydrogen (secondary N) is 1. The molecular weight excluding hydrogens is 471 g/mol. The third kappa shape index (κ3) is 6.52. The molecule has 8 heteroatoms. The Morgan fingerprint density at radius 1 is 1.08 bits per heavy atom. The van der Waals surface area contributed by atoms with E-state index in [1.165, 1.54) is 12.1 Å². The largest absolute Gasteiger partial charge is 0.382 e. The highest BCUT2D eigenvalue weighted by molar-refractivity contribution is 5.97. The number of hydrogen-bond donors (Lipinski definition) is 2. The van der Waals surface area contributed by atoms with Crippen LogP contribution in [0.5, 0.6) is 0 Å². The average Bonchev–Trinajstić information content (AvgIpc) is 2.90. The van der Waals surface area contributed by atoms with Gasteiger partial charge in [0.25, 0.3) is 0 Å². The average molecular weight is 507 g/mol. The normalized spacial score (nSPS) is 17.9. The molecule has 3 N–H and O–H groups in total. The Kier molecular flexibility index (Phi) is 8.87. The fourth-order valence-corrected chi connectivity index (χ4v) is 5.06. The second-order valence-corrected chi connectivity index (χ2v) is 9.55. The molecule has 0 aromatic heterocycles. The predicted molar refractivity (Wildman–Crippen MR) is 144 cm³/mol. The number of rotatable bonds is 9. The van der Waals surface area contributed by atoms with Gasteiger partial charge in [-0.1, -0.05) is 49.4 Å². The van der Waals surface area contributed by atoms with Crippen LogP contribution in [0.1, 0.15) is 18.9 Å². The molecule has 1 aliphatic heterocycles. The number of fused-ring (bicyclic) bond motifs is 1. The molecule has 1 aliphatic rings. The van der Waals surface area contributed by atoms with Crippen LogP contribution in [-0.4, -0.2) is 73.1 Å². The maximum Gasteiger partial charge on any atom is 0.241 e. The first kappa shape index (κ1) is 26.7. The van der Waals surface area contributed by atoms with Gasteiger partial charge in [0.1, 0.15) is 5.82 Å². The summed E-state index contributed by atoms with van der Waals surface area (Å²) in [5, 5.41) is 5.26. The second kappa shape index (κ2) is 12.3. The highest BCUT2D eigenvalue weighted by Gasteiger charge is 2.36. The highest BCUT2D eigenvalue weighted by atomic mass is 19.1. The van der Waals surface area contributed by atoms with Crippen LogP contribution in [0.3, 0.4) is 0 Å². The van der Waals surface area contributed by atoms with Gasteiger partial charge >= 0.3 is 0 Å². The zero-order valence-corrected chi connectivity index (χ0v) is 21.4. The molecule has 3 aromatic carbocycles. The van der Waals surface area contributed by atoms with Crippen molar-refractivity contribution in [3.05, 3.63) is 78.1 Å². The minimum Gasteiger partial charge on any atom is -0.382 e. The summed E-state index contributed by atoms with van der Waals surface area (Å²) < 4.78 is 18.7. The Morgan fingerprint density at radius 2 is 1.81 bits per heavy atom. The number of anilines is 1. The summed E-state index contributed by atoms with van der Waals surface area (Å²) in [6.07, 6.45) is 0.960. The number of hydrogen-bond acceptors (Lipinski definition) is 5. The first-order valence-corrected chi connectivity index (χ1v) is 12.7. The number of benzene rings is 3. The summed E-state index contributed by atoms with van der Waals surface area (Å²) in [5.74, 6) is -0.559.